The number of phenolic OH excluding ortho intramolecular Hbond substituents is 2. The molecule has 0 saturated heterocycles. The highest BCUT2D eigenvalue weighted by Crippen LogP contribution is 2.49. The van der Waals surface area contributed by atoms with Crippen LogP contribution >= 0.6 is 0 Å². The Morgan fingerprint density at radius 2 is 1.20 bits per heavy atom. The molecule has 2 heteroatoms. The molecule has 2 N–H and O–H groups in total. The zero-order valence-electron chi connectivity index (χ0n) is 16.5. The van der Waals surface area contributed by atoms with Crippen molar-refractivity contribution in [3.05, 3.63) is 57.6 Å². The molecule has 0 atom stereocenters. The van der Waals surface area contributed by atoms with E-state index in [0.717, 1.165) is 59.1 Å². The molecule has 0 aliphatic rings. The summed E-state index contributed by atoms with van der Waals surface area (Å²) in [6.45, 7) is 12.4. The van der Waals surface area contributed by atoms with Crippen LogP contribution in [0.3, 0.4) is 0 Å². The Labute approximate surface area is 152 Å². The number of unbranched alkanes of at least 4 members (excludes halogenated alkanes) is 1. The molecule has 0 heterocycles. The van der Waals surface area contributed by atoms with E-state index >= 15 is 0 Å². The fraction of sp³-hybridized carbons (Fsp3) is 0.478. The lowest BCUT2D eigenvalue weighted by atomic mass is 9.67. The van der Waals surface area contributed by atoms with Crippen molar-refractivity contribution >= 4 is 0 Å². The summed E-state index contributed by atoms with van der Waals surface area (Å²) in [6, 6.07) is 8.22. The molecule has 25 heavy (non-hydrogen) atoms. The van der Waals surface area contributed by atoms with Gasteiger partial charge in [0.25, 0.3) is 0 Å². The molecule has 2 aromatic rings. The predicted octanol–water partition coefficient (Wildman–Crippen LogP) is 6.22. The zero-order valence-corrected chi connectivity index (χ0v) is 16.5. The van der Waals surface area contributed by atoms with Crippen LogP contribution in [0.15, 0.2) is 24.3 Å². The number of phenols is 2. The first-order chi connectivity index (χ1) is 11.8. The second-order valence-electron chi connectivity index (χ2n) is 7.50. The van der Waals surface area contributed by atoms with Gasteiger partial charge in [-0.05, 0) is 51.7 Å². The summed E-state index contributed by atoms with van der Waals surface area (Å²) < 4.78 is 0. The second kappa shape index (κ2) is 7.51. The van der Waals surface area contributed by atoms with Crippen LogP contribution < -0.4 is 0 Å². The van der Waals surface area contributed by atoms with Crippen molar-refractivity contribution in [3.63, 3.8) is 0 Å². The molecule has 0 spiro atoms. The van der Waals surface area contributed by atoms with Gasteiger partial charge in [-0.2, -0.15) is 0 Å². The normalized spacial score (nSPS) is 11.8. The molecule has 0 fully saturated rings. The molecule has 0 radical (unpaired) electrons. The van der Waals surface area contributed by atoms with Gasteiger partial charge in [0.05, 0.1) is 0 Å². The van der Waals surface area contributed by atoms with E-state index in [1.807, 2.05) is 26.0 Å². The molecule has 2 nitrogen and oxygen atoms in total. The highest BCUT2D eigenvalue weighted by Gasteiger charge is 2.37. The average Bonchev–Trinajstić information content (AvgIpc) is 2.56. The molecule has 2 aromatic carbocycles. The maximum absolute atomic E-state index is 10.9. The molecular weight excluding hydrogens is 308 g/mol. The van der Waals surface area contributed by atoms with Gasteiger partial charge in [-0.25, -0.2) is 0 Å². The third-order valence-corrected chi connectivity index (χ3v) is 5.48. The largest absolute Gasteiger partial charge is 0.507 e. The average molecular weight is 341 g/mol. The van der Waals surface area contributed by atoms with Crippen molar-refractivity contribution < 1.29 is 10.2 Å². The highest BCUT2D eigenvalue weighted by molar-refractivity contribution is 5.57. The van der Waals surface area contributed by atoms with Crippen LogP contribution in [0.4, 0.5) is 0 Å². The number of hydrogen-bond acceptors (Lipinski definition) is 2. The first-order valence-corrected chi connectivity index (χ1v) is 9.38. The summed E-state index contributed by atoms with van der Waals surface area (Å²) in [5.41, 5.74) is 5.59. The second-order valence-corrected chi connectivity index (χ2v) is 7.50. The molecule has 0 amide bonds. The van der Waals surface area contributed by atoms with E-state index in [1.54, 1.807) is 0 Å². The summed E-state index contributed by atoms with van der Waals surface area (Å²) >= 11 is 0. The smallest absolute Gasteiger partial charge is 0.122 e. The Bertz CT molecular complexity index is 702. The molecule has 0 aromatic heterocycles. The van der Waals surface area contributed by atoms with Gasteiger partial charge in [0.15, 0.2) is 0 Å². The van der Waals surface area contributed by atoms with Crippen LogP contribution in [-0.4, -0.2) is 10.2 Å². The van der Waals surface area contributed by atoms with Crippen LogP contribution in [0.1, 0.15) is 72.9 Å². The van der Waals surface area contributed by atoms with E-state index in [-0.39, 0.29) is 5.41 Å². The van der Waals surface area contributed by atoms with Gasteiger partial charge in [-0.1, -0.05) is 62.1 Å². The van der Waals surface area contributed by atoms with Crippen molar-refractivity contribution in [1.29, 1.82) is 0 Å². The van der Waals surface area contributed by atoms with Crippen LogP contribution in [0.5, 0.6) is 11.5 Å². The van der Waals surface area contributed by atoms with Gasteiger partial charge >= 0.3 is 0 Å². The monoisotopic (exact) mass is 340 g/mol. The van der Waals surface area contributed by atoms with Crippen molar-refractivity contribution in [2.45, 2.75) is 72.6 Å². The minimum atomic E-state index is -0.377. The van der Waals surface area contributed by atoms with Gasteiger partial charge in [-0.3, -0.25) is 0 Å². The minimum absolute atomic E-state index is 0.363. The predicted molar refractivity (Wildman–Crippen MR) is 106 cm³/mol. The van der Waals surface area contributed by atoms with Gasteiger partial charge in [0, 0.05) is 16.5 Å². The van der Waals surface area contributed by atoms with Crippen molar-refractivity contribution in [1.82, 2.24) is 0 Å². The lowest BCUT2D eigenvalue weighted by Crippen LogP contribution is -2.28. The molecule has 0 aliphatic carbocycles. The van der Waals surface area contributed by atoms with Gasteiger partial charge in [0.1, 0.15) is 11.5 Å². The topological polar surface area (TPSA) is 40.5 Å². The van der Waals surface area contributed by atoms with E-state index < -0.39 is 0 Å². The third-order valence-electron chi connectivity index (χ3n) is 5.48. The summed E-state index contributed by atoms with van der Waals surface area (Å²) in [6.07, 6.45) is 3.87. The minimum Gasteiger partial charge on any atom is -0.507 e. The number of aromatic hydroxyl groups is 2. The molecule has 0 bridgehead atoms. The Morgan fingerprint density at radius 1 is 0.760 bits per heavy atom. The van der Waals surface area contributed by atoms with Crippen LogP contribution in [0.2, 0.25) is 0 Å². The lowest BCUT2D eigenvalue weighted by Gasteiger charge is -2.36. The standard InChI is InChI=1S/C23H32O2/c1-7-9-10-23(8-2,19-13-15(3)11-17(5)21(19)24)20-14-16(4)12-18(6)22(20)25/h11-14,24-25H,7-10H2,1-6H3. The van der Waals surface area contributed by atoms with E-state index in [0.29, 0.717) is 11.5 Å². The fourth-order valence-electron chi connectivity index (χ4n) is 4.10. The van der Waals surface area contributed by atoms with Crippen LogP contribution in [-0.2, 0) is 5.41 Å². The Balaban J connectivity index is 2.85. The maximum Gasteiger partial charge on any atom is 0.122 e. The number of hydrogen-bond donors (Lipinski definition) is 2. The summed E-state index contributed by atoms with van der Waals surface area (Å²) in [4.78, 5) is 0. The summed E-state index contributed by atoms with van der Waals surface area (Å²) in [7, 11) is 0. The Hall–Kier alpha value is -1.96. The fourth-order valence-corrected chi connectivity index (χ4v) is 4.10. The first kappa shape index (κ1) is 19.4. The molecule has 0 unspecified atom stereocenters. The van der Waals surface area contributed by atoms with Gasteiger partial charge in [0.2, 0.25) is 0 Å². The van der Waals surface area contributed by atoms with Crippen LogP contribution in [0.25, 0.3) is 0 Å². The molecular formula is C23H32O2. The van der Waals surface area contributed by atoms with Crippen molar-refractivity contribution in [2.75, 3.05) is 0 Å². The van der Waals surface area contributed by atoms with Crippen molar-refractivity contribution in [3.8, 4) is 11.5 Å². The first-order valence-electron chi connectivity index (χ1n) is 9.38. The third kappa shape index (κ3) is 3.53. The molecule has 2 rings (SSSR count). The highest BCUT2D eigenvalue weighted by atomic mass is 16.3. The van der Waals surface area contributed by atoms with Gasteiger partial charge in [-0.15, -0.1) is 0 Å². The van der Waals surface area contributed by atoms with E-state index in [1.165, 1.54) is 0 Å². The lowest BCUT2D eigenvalue weighted by molar-refractivity contribution is 0.377. The molecule has 136 valence electrons. The van der Waals surface area contributed by atoms with Crippen LogP contribution in [0, 0.1) is 27.7 Å². The van der Waals surface area contributed by atoms with E-state index in [4.69, 9.17) is 0 Å². The number of benzene rings is 2. The van der Waals surface area contributed by atoms with E-state index in [2.05, 4.69) is 39.8 Å². The molecule has 0 aliphatic heterocycles. The summed E-state index contributed by atoms with van der Waals surface area (Å²) in [5, 5.41) is 21.8. The Morgan fingerprint density at radius 3 is 1.56 bits per heavy atom. The van der Waals surface area contributed by atoms with E-state index in [9.17, 15) is 10.2 Å². The maximum atomic E-state index is 10.9. The van der Waals surface area contributed by atoms with Gasteiger partial charge < -0.3 is 10.2 Å². The summed E-state index contributed by atoms with van der Waals surface area (Å²) in [5.74, 6) is 0.726. The quantitative estimate of drug-likeness (QED) is 0.655. The SMILES string of the molecule is CCCCC(CC)(c1cc(C)cc(C)c1O)c1cc(C)cc(C)c1O. The van der Waals surface area contributed by atoms with Crippen molar-refractivity contribution in [2.24, 2.45) is 0 Å². The molecule has 0 saturated carbocycles. The zero-order chi connectivity index (χ0) is 18.8. The number of aryl methyl sites for hydroxylation is 4. The number of rotatable bonds is 6. The Kier molecular flexibility index (Phi) is 5.82.